The second-order valence-corrected chi connectivity index (χ2v) is 3.61. The van der Waals surface area contributed by atoms with Crippen LogP contribution in [0.3, 0.4) is 0 Å². The summed E-state index contributed by atoms with van der Waals surface area (Å²) in [6.07, 6.45) is 1.44. The van der Waals surface area contributed by atoms with Crippen LogP contribution in [-0.2, 0) is 4.74 Å². The van der Waals surface area contributed by atoms with Crippen LogP contribution in [0.4, 0.5) is 0 Å². The van der Waals surface area contributed by atoms with Gasteiger partial charge in [-0.3, -0.25) is 4.90 Å². The van der Waals surface area contributed by atoms with Crippen molar-refractivity contribution in [1.82, 2.24) is 4.90 Å². The number of hydrogen-bond donors (Lipinski definition) is 1. The molecule has 0 aromatic carbocycles. The quantitative estimate of drug-likeness (QED) is 0.671. The lowest BCUT2D eigenvalue weighted by molar-refractivity contribution is -0.0199. The summed E-state index contributed by atoms with van der Waals surface area (Å²) in [5.74, 6) is 0. The van der Waals surface area contributed by atoms with Crippen LogP contribution in [0.15, 0.2) is 0 Å². The van der Waals surface area contributed by atoms with Crippen molar-refractivity contribution >= 4 is 0 Å². The highest BCUT2D eigenvalue weighted by Gasteiger charge is 2.17. The molecule has 1 unspecified atom stereocenters. The van der Waals surface area contributed by atoms with E-state index in [4.69, 9.17) is 10.5 Å². The Kier molecular flexibility index (Phi) is 3.98. The zero-order valence-electron chi connectivity index (χ0n) is 8.12. The molecule has 1 saturated heterocycles. The van der Waals surface area contributed by atoms with Gasteiger partial charge in [0, 0.05) is 25.7 Å². The van der Waals surface area contributed by atoms with Gasteiger partial charge in [0.1, 0.15) is 0 Å². The molecule has 12 heavy (non-hydrogen) atoms. The number of nitrogens with two attached hydrogens (primary N) is 1. The predicted molar refractivity (Wildman–Crippen MR) is 50.1 cm³/mol. The summed E-state index contributed by atoms with van der Waals surface area (Å²) in [6.45, 7) is 8.20. The molecule has 3 nitrogen and oxygen atoms in total. The fraction of sp³-hybridized carbons (Fsp3) is 1.00. The Morgan fingerprint density at radius 1 is 1.67 bits per heavy atom. The summed E-state index contributed by atoms with van der Waals surface area (Å²) in [6, 6.07) is 0.329. The summed E-state index contributed by atoms with van der Waals surface area (Å²) in [5, 5.41) is 0. The Morgan fingerprint density at radius 3 is 3.00 bits per heavy atom. The van der Waals surface area contributed by atoms with Crippen molar-refractivity contribution in [3.63, 3.8) is 0 Å². The Hall–Kier alpha value is -0.120. The minimum absolute atomic E-state index is 0.329. The molecule has 0 aromatic heterocycles. The SMILES string of the molecule is CC[C@H](N)CN1CCOC(C)C1. The zero-order chi connectivity index (χ0) is 8.97. The van der Waals surface area contributed by atoms with Gasteiger partial charge in [0.05, 0.1) is 12.7 Å². The summed E-state index contributed by atoms with van der Waals surface area (Å²) in [7, 11) is 0. The van der Waals surface area contributed by atoms with Crippen molar-refractivity contribution in [1.29, 1.82) is 0 Å². The van der Waals surface area contributed by atoms with Crippen LogP contribution in [0, 0.1) is 0 Å². The lowest BCUT2D eigenvalue weighted by Crippen LogP contribution is -2.46. The molecule has 1 heterocycles. The molecule has 72 valence electrons. The molecule has 1 aliphatic heterocycles. The van der Waals surface area contributed by atoms with Gasteiger partial charge >= 0.3 is 0 Å². The van der Waals surface area contributed by atoms with E-state index in [1.54, 1.807) is 0 Å². The van der Waals surface area contributed by atoms with Crippen molar-refractivity contribution in [3.05, 3.63) is 0 Å². The second kappa shape index (κ2) is 4.80. The van der Waals surface area contributed by atoms with Crippen LogP contribution >= 0.6 is 0 Å². The predicted octanol–water partition coefficient (Wildman–Crippen LogP) is 0.444. The monoisotopic (exact) mass is 172 g/mol. The van der Waals surface area contributed by atoms with Gasteiger partial charge in [0.15, 0.2) is 0 Å². The van der Waals surface area contributed by atoms with Crippen LogP contribution in [0.1, 0.15) is 20.3 Å². The van der Waals surface area contributed by atoms with Gasteiger partial charge in [0.25, 0.3) is 0 Å². The van der Waals surface area contributed by atoms with Crippen molar-refractivity contribution in [2.45, 2.75) is 32.4 Å². The number of morpholine rings is 1. The van der Waals surface area contributed by atoms with Gasteiger partial charge in [0.2, 0.25) is 0 Å². The third kappa shape index (κ3) is 3.09. The first-order valence-electron chi connectivity index (χ1n) is 4.82. The minimum Gasteiger partial charge on any atom is -0.376 e. The highest BCUT2D eigenvalue weighted by molar-refractivity contribution is 4.72. The average Bonchev–Trinajstić information content (AvgIpc) is 2.04. The fourth-order valence-corrected chi connectivity index (χ4v) is 1.52. The van der Waals surface area contributed by atoms with Gasteiger partial charge in [-0.25, -0.2) is 0 Å². The second-order valence-electron chi connectivity index (χ2n) is 3.61. The Labute approximate surface area is 74.9 Å². The van der Waals surface area contributed by atoms with Crippen LogP contribution in [0.2, 0.25) is 0 Å². The average molecular weight is 172 g/mol. The molecule has 1 rings (SSSR count). The van der Waals surface area contributed by atoms with E-state index in [2.05, 4.69) is 18.7 Å². The van der Waals surface area contributed by atoms with Crippen LogP contribution in [0.5, 0.6) is 0 Å². The van der Waals surface area contributed by atoms with Crippen molar-refractivity contribution in [2.75, 3.05) is 26.2 Å². The molecule has 0 radical (unpaired) electrons. The molecule has 0 bridgehead atoms. The Morgan fingerprint density at radius 2 is 2.42 bits per heavy atom. The summed E-state index contributed by atoms with van der Waals surface area (Å²) in [5.41, 5.74) is 5.87. The van der Waals surface area contributed by atoms with Gasteiger partial charge < -0.3 is 10.5 Å². The molecule has 1 fully saturated rings. The summed E-state index contributed by atoms with van der Waals surface area (Å²) < 4.78 is 5.44. The van der Waals surface area contributed by atoms with E-state index in [9.17, 15) is 0 Å². The van der Waals surface area contributed by atoms with Crippen molar-refractivity contribution in [2.24, 2.45) is 5.73 Å². The first-order chi connectivity index (χ1) is 5.72. The third-order valence-electron chi connectivity index (χ3n) is 2.34. The van der Waals surface area contributed by atoms with E-state index < -0.39 is 0 Å². The third-order valence-corrected chi connectivity index (χ3v) is 2.34. The van der Waals surface area contributed by atoms with E-state index in [0.717, 1.165) is 32.7 Å². The highest BCUT2D eigenvalue weighted by Crippen LogP contribution is 2.04. The van der Waals surface area contributed by atoms with Crippen LogP contribution < -0.4 is 5.73 Å². The molecule has 1 aliphatic rings. The maximum atomic E-state index is 5.87. The van der Waals surface area contributed by atoms with E-state index in [-0.39, 0.29) is 0 Å². The zero-order valence-corrected chi connectivity index (χ0v) is 8.12. The first-order valence-corrected chi connectivity index (χ1v) is 4.82. The van der Waals surface area contributed by atoms with E-state index in [1.807, 2.05) is 0 Å². The lowest BCUT2D eigenvalue weighted by atomic mass is 10.2. The van der Waals surface area contributed by atoms with Crippen LogP contribution in [0.25, 0.3) is 0 Å². The topological polar surface area (TPSA) is 38.5 Å². The molecule has 0 spiro atoms. The number of rotatable bonds is 3. The van der Waals surface area contributed by atoms with Gasteiger partial charge in [-0.1, -0.05) is 6.92 Å². The maximum absolute atomic E-state index is 5.87. The maximum Gasteiger partial charge on any atom is 0.0674 e. The summed E-state index contributed by atoms with van der Waals surface area (Å²) >= 11 is 0. The molecular weight excluding hydrogens is 152 g/mol. The lowest BCUT2D eigenvalue weighted by Gasteiger charge is -2.32. The largest absolute Gasteiger partial charge is 0.376 e. The Balaban J connectivity index is 2.22. The smallest absolute Gasteiger partial charge is 0.0674 e. The van der Waals surface area contributed by atoms with E-state index in [1.165, 1.54) is 0 Å². The van der Waals surface area contributed by atoms with Crippen molar-refractivity contribution < 1.29 is 4.74 Å². The molecule has 0 saturated carbocycles. The number of nitrogens with zero attached hydrogens (tertiary/aromatic N) is 1. The molecule has 2 N–H and O–H groups in total. The minimum atomic E-state index is 0.329. The number of ether oxygens (including phenoxy) is 1. The molecular formula is C9H20N2O. The van der Waals surface area contributed by atoms with E-state index in [0.29, 0.717) is 12.1 Å². The van der Waals surface area contributed by atoms with Crippen LogP contribution in [-0.4, -0.2) is 43.3 Å². The molecule has 2 atom stereocenters. The normalized spacial score (nSPS) is 28.8. The Bertz CT molecular complexity index is 130. The highest BCUT2D eigenvalue weighted by atomic mass is 16.5. The van der Waals surface area contributed by atoms with Crippen molar-refractivity contribution in [3.8, 4) is 0 Å². The standard InChI is InChI=1S/C9H20N2O/c1-3-9(10)7-11-4-5-12-8(2)6-11/h8-9H,3-7,10H2,1-2H3/t8?,9-/m0/s1. The molecule has 3 heteroatoms. The molecule has 0 aliphatic carbocycles. The van der Waals surface area contributed by atoms with Gasteiger partial charge in [-0.15, -0.1) is 0 Å². The molecule has 0 aromatic rings. The summed E-state index contributed by atoms with van der Waals surface area (Å²) in [4.78, 5) is 2.39. The fourth-order valence-electron chi connectivity index (χ4n) is 1.52. The number of hydrogen-bond acceptors (Lipinski definition) is 3. The van der Waals surface area contributed by atoms with Gasteiger partial charge in [-0.2, -0.15) is 0 Å². The molecule has 0 amide bonds. The van der Waals surface area contributed by atoms with E-state index >= 15 is 0 Å². The van der Waals surface area contributed by atoms with Gasteiger partial charge in [-0.05, 0) is 13.3 Å². The first kappa shape index (κ1) is 9.96.